The molecule has 3 heterocycles. The van der Waals surface area contributed by atoms with Crippen molar-refractivity contribution in [1.82, 2.24) is 24.6 Å². The lowest BCUT2D eigenvalue weighted by Gasteiger charge is -2.61. The van der Waals surface area contributed by atoms with Gasteiger partial charge in [0.05, 0.1) is 17.2 Å². The first-order valence-electron chi connectivity index (χ1n) is 11.4. The summed E-state index contributed by atoms with van der Waals surface area (Å²) in [6, 6.07) is 3.84. The van der Waals surface area contributed by atoms with E-state index in [0.717, 1.165) is 63.8 Å². The Morgan fingerprint density at radius 2 is 1.90 bits per heavy atom. The summed E-state index contributed by atoms with van der Waals surface area (Å²) in [5.41, 5.74) is -0.203. The predicted octanol–water partition coefficient (Wildman–Crippen LogP) is 3.04. The molecular weight excluding hydrogens is 378 g/mol. The van der Waals surface area contributed by atoms with Crippen LogP contribution in [-0.2, 0) is 10.3 Å². The highest BCUT2D eigenvalue weighted by atomic mass is 16.5. The van der Waals surface area contributed by atoms with Gasteiger partial charge in [0.2, 0.25) is 5.91 Å². The zero-order valence-corrected chi connectivity index (χ0v) is 17.3. The van der Waals surface area contributed by atoms with Gasteiger partial charge in [-0.25, -0.2) is 9.67 Å². The summed E-state index contributed by atoms with van der Waals surface area (Å²) in [6.07, 6.45) is 15.6. The van der Waals surface area contributed by atoms with E-state index in [2.05, 4.69) is 24.6 Å². The van der Waals surface area contributed by atoms with Crippen LogP contribution in [0, 0.1) is 17.3 Å². The Hall–Kier alpha value is -2.44. The molecule has 158 valence electrons. The third kappa shape index (κ3) is 2.93. The lowest BCUT2D eigenvalue weighted by Crippen LogP contribution is -2.62. The van der Waals surface area contributed by atoms with Gasteiger partial charge in [0.1, 0.15) is 24.5 Å². The molecule has 7 rings (SSSR count). The van der Waals surface area contributed by atoms with Gasteiger partial charge in [-0.1, -0.05) is 0 Å². The fourth-order valence-corrected chi connectivity index (χ4v) is 7.31. The largest absolute Gasteiger partial charge is 0.489 e. The summed E-state index contributed by atoms with van der Waals surface area (Å²) >= 11 is 0. The van der Waals surface area contributed by atoms with Gasteiger partial charge in [-0.3, -0.25) is 9.78 Å². The number of amides is 1. The van der Waals surface area contributed by atoms with E-state index in [1.807, 2.05) is 18.5 Å². The standard InChI is InChI=1S/C23H29N5O2/c29-21(27-6-3-19(4-7-27)30-20-2-1-5-24-13-20)22-9-17-8-18(10-22)12-23(11-17,14-22)28-16-25-15-26-28/h1-2,5,13,15-19H,3-4,6-12,14H2. The molecule has 7 nitrogen and oxygen atoms in total. The fraction of sp³-hybridized carbons (Fsp3) is 0.652. The van der Waals surface area contributed by atoms with Gasteiger partial charge in [0.15, 0.2) is 0 Å². The van der Waals surface area contributed by atoms with E-state index in [1.54, 1.807) is 18.7 Å². The number of aromatic nitrogens is 4. The molecule has 2 atom stereocenters. The van der Waals surface area contributed by atoms with Crippen LogP contribution in [0.4, 0.5) is 0 Å². The number of ether oxygens (including phenoxy) is 1. The molecule has 4 aliphatic carbocycles. The van der Waals surface area contributed by atoms with Gasteiger partial charge >= 0.3 is 0 Å². The average molecular weight is 408 g/mol. The van der Waals surface area contributed by atoms with Crippen LogP contribution < -0.4 is 4.74 Å². The van der Waals surface area contributed by atoms with E-state index in [1.165, 1.54) is 6.42 Å². The molecule has 4 bridgehead atoms. The van der Waals surface area contributed by atoms with Crippen molar-refractivity contribution in [2.24, 2.45) is 17.3 Å². The van der Waals surface area contributed by atoms with Crippen molar-refractivity contribution < 1.29 is 9.53 Å². The first kappa shape index (κ1) is 18.3. The van der Waals surface area contributed by atoms with Crippen LogP contribution in [0.15, 0.2) is 37.2 Å². The number of pyridine rings is 1. The Labute approximate surface area is 176 Å². The minimum Gasteiger partial charge on any atom is -0.489 e. The van der Waals surface area contributed by atoms with Crippen LogP contribution in [0.5, 0.6) is 5.75 Å². The summed E-state index contributed by atoms with van der Waals surface area (Å²) < 4.78 is 8.16. The van der Waals surface area contributed by atoms with Gasteiger partial charge in [-0.15, -0.1) is 0 Å². The van der Waals surface area contributed by atoms with Crippen LogP contribution >= 0.6 is 0 Å². The predicted molar refractivity (Wildman–Crippen MR) is 110 cm³/mol. The van der Waals surface area contributed by atoms with Crippen LogP contribution in [0.2, 0.25) is 0 Å². The van der Waals surface area contributed by atoms with Gasteiger partial charge in [-0.05, 0) is 62.5 Å². The van der Waals surface area contributed by atoms with Crippen molar-refractivity contribution in [3.63, 3.8) is 0 Å². The summed E-state index contributed by atoms with van der Waals surface area (Å²) in [5, 5.41) is 4.52. The lowest BCUT2D eigenvalue weighted by molar-refractivity contribution is -0.168. The number of piperidine rings is 1. The third-order valence-corrected chi connectivity index (χ3v) is 8.05. The van der Waals surface area contributed by atoms with Crippen molar-refractivity contribution in [1.29, 1.82) is 0 Å². The van der Waals surface area contributed by atoms with Crippen molar-refractivity contribution >= 4 is 5.91 Å². The van der Waals surface area contributed by atoms with E-state index >= 15 is 0 Å². The minimum atomic E-state index is -0.201. The molecule has 0 aromatic carbocycles. The first-order valence-corrected chi connectivity index (χ1v) is 11.4. The van der Waals surface area contributed by atoms with Crippen molar-refractivity contribution in [3.8, 4) is 5.75 Å². The molecule has 0 radical (unpaired) electrons. The van der Waals surface area contributed by atoms with E-state index in [9.17, 15) is 4.79 Å². The van der Waals surface area contributed by atoms with Gasteiger partial charge in [0, 0.05) is 32.1 Å². The second-order valence-corrected chi connectivity index (χ2v) is 10.1. The lowest BCUT2D eigenvalue weighted by atomic mass is 9.46. The number of carbonyl (C=O) groups excluding carboxylic acids is 1. The Bertz CT molecular complexity index is 893. The summed E-state index contributed by atoms with van der Waals surface area (Å²) in [6.45, 7) is 1.58. The molecule has 1 aliphatic heterocycles. The molecule has 7 heteroatoms. The third-order valence-electron chi connectivity index (χ3n) is 8.05. The van der Waals surface area contributed by atoms with Gasteiger partial charge in [-0.2, -0.15) is 5.10 Å². The zero-order chi connectivity index (χ0) is 20.2. The Morgan fingerprint density at radius 1 is 1.10 bits per heavy atom. The maximum absolute atomic E-state index is 13.9. The average Bonchev–Trinajstić information content (AvgIpc) is 3.30. The Kier molecular flexibility index (Phi) is 4.15. The fourth-order valence-electron chi connectivity index (χ4n) is 7.31. The normalized spacial score (nSPS) is 35.5. The maximum atomic E-state index is 13.9. The highest BCUT2D eigenvalue weighted by Crippen LogP contribution is 2.64. The molecule has 0 spiro atoms. The second kappa shape index (κ2) is 6.79. The van der Waals surface area contributed by atoms with Crippen LogP contribution in [0.3, 0.4) is 0 Å². The molecule has 2 aromatic rings. The SMILES string of the molecule is O=C(N1CCC(Oc2cccnc2)CC1)C12CC3CC(C1)CC(n1cncn1)(C3)C2. The molecule has 30 heavy (non-hydrogen) atoms. The number of hydrogen-bond acceptors (Lipinski definition) is 5. The highest BCUT2D eigenvalue weighted by Gasteiger charge is 2.62. The van der Waals surface area contributed by atoms with Crippen LogP contribution in [-0.4, -0.2) is 49.7 Å². The summed E-state index contributed by atoms with van der Waals surface area (Å²) in [4.78, 5) is 24.3. The molecule has 2 aromatic heterocycles. The van der Waals surface area contributed by atoms with Crippen molar-refractivity contribution in [2.45, 2.75) is 63.0 Å². The summed E-state index contributed by atoms with van der Waals surface area (Å²) in [5.74, 6) is 2.50. The number of hydrogen-bond donors (Lipinski definition) is 0. The van der Waals surface area contributed by atoms with E-state index in [-0.39, 0.29) is 17.1 Å². The number of rotatable bonds is 4. The van der Waals surface area contributed by atoms with Crippen molar-refractivity contribution in [3.05, 3.63) is 37.2 Å². The van der Waals surface area contributed by atoms with Gasteiger partial charge in [0.25, 0.3) is 0 Å². The number of carbonyl (C=O) groups is 1. The van der Waals surface area contributed by atoms with E-state index < -0.39 is 0 Å². The first-order chi connectivity index (χ1) is 14.6. The minimum absolute atomic E-state index is 0.00200. The Morgan fingerprint density at radius 3 is 2.57 bits per heavy atom. The smallest absolute Gasteiger partial charge is 0.228 e. The monoisotopic (exact) mass is 407 g/mol. The molecule has 2 unspecified atom stereocenters. The molecule has 4 saturated carbocycles. The summed E-state index contributed by atoms with van der Waals surface area (Å²) in [7, 11) is 0. The highest BCUT2D eigenvalue weighted by molar-refractivity contribution is 5.83. The molecule has 1 saturated heterocycles. The zero-order valence-electron chi connectivity index (χ0n) is 17.3. The topological polar surface area (TPSA) is 73.1 Å². The molecule has 1 amide bonds. The molecular formula is C23H29N5O2. The van der Waals surface area contributed by atoms with Crippen molar-refractivity contribution in [2.75, 3.05) is 13.1 Å². The van der Waals surface area contributed by atoms with E-state index in [4.69, 9.17) is 4.74 Å². The van der Waals surface area contributed by atoms with Gasteiger partial charge < -0.3 is 9.64 Å². The van der Waals surface area contributed by atoms with Crippen LogP contribution in [0.25, 0.3) is 0 Å². The Balaban J connectivity index is 1.17. The van der Waals surface area contributed by atoms with Crippen LogP contribution in [0.1, 0.15) is 51.4 Å². The number of likely N-dealkylation sites (tertiary alicyclic amines) is 1. The quantitative estimate of drug-likeness (QED) is 0.779. The molecule has 5 fully saturated rings. The molecule has 0 N–H and O–H groups in total. The van der Waals surface area contributed by atoms with E-state index in [0.29, 0.717) is 17.7 Å². The second-order valence-electron chi connectivity index (χ2n) is 10.1. The maximum Gasteiger partial charge on any atom is 0.228 e. The molecule has 5 aliphatic rings. The number of nitrogens with zero attached hydrogens (tertiary/aromatic N) is 5.